The summed E-state index contributed by atoms with van der Waals surface area (Å²) < 4.78 is 0. The van der Waals surface area contributed by atoms with Crippen molar-refractivity contribution in [2.45, 2.75) is 98.3 Å². The molecule has 7 atom stereocenters. The van der Waals surface area contributed by atoms with Gasteiger partial charge in [0.05, 0.1) is 6.61 Å². The lowest BCUT2D eigenvalue weighted by atomic mass is 9.46. The zero-order valence-corrected chi connectivity index (χ0v) is 19.1. The van der Waals surface area contributed by atoms with Crippen molar-refractivity contribution in [3.8, 4) is 0 Å². The van der Waals surface area contributed by atoms with Crippen LogP contribution in [-0.2, 0) is 0 Å². The Morgan fingerprint density at radius 2 is 1.89 bits per heavy atom. The third-order valence-electron chi connectivity index (χ3n) is 10.1. The van der Waals surface area contributed by atoms with Crippen LogP contribution in [0.4, 0.5) is 0 Å². The van der Waals surface area contributed by atoms with Crippen LogP contribution in [0.5, 0.6) is 0 Å². The number of hydrogen-bond acceptors (Lipinski definition) is 1. The van der Waals surface area contributed by atoms with Crippen LogP contribution in [0.25, 0.3) is 0 Å². The molecular formula is C27H45O. The lowest BCUT2D eigenvalue weighted by Gasteiger charge is -2.58. The highest BCUT2D eigenvalue weighted by Gasteiger charge is 2.59. The molecule has 0 spiro atoms. The van der Waals surface area contributed by atoms with Gasteiger partial charge in [0.25, 0.3) is 0 Å². The van der Waals surface area contributed by atoms with E-state index in [1.54, 1.807) is 5.57 Å². The van der Waals surface area contributed by atoms with Crippen molar-refractivity contribution in [3.63, 3.8) is 0 Å². The summed E-state index contributed by atoms with van der Waals surface area (Å²) in [6.45, 7) is 10.4. The minimum absolute atomic E-state index is 0.139. The van der Waals surface area contributed by atoms with Crippen LogP contribution >= 0.6 is 0 Å². The van der Waals surface area contributed by atoms with E-state index < -0.39 is 0 Å². The lowest BCUT2D eigenvalue weighted by Crippen LogP contribution is -2.52. The molecule has 0 bridgehead atoms. The first-order valence-corrected chi connectivity index (χ1v) is 12.5. The maximum atomic E-state index is 10.5. The monoisotopic (exact) mass is 385 g/mol. The fourth-order valence-electron chi connectivity index (χ4n) is 8.59. The summed E-state index contributed by atoms with van der Waals surface area (Å²) in [5.74, 6) is 5.15. The molecule has 4 aliphatic rings. The molecule has 0 unspecified atom stereocenters. The van der Waals surface area contributed by atoms with Crippen molar-refractivity contribution in [1.82, 2.24) is 0 Å². The fraction of sp³-hybridized carbons (Fsp3) is 0.889. The number of aliphatic hydroxyl groups excluding tert-OH is 1. The van der Waals surface area contributed by atoms with E-state index in [-0.39, 0.29) is 5.41 Å². The maximum absolute atomic E-state index is 10.5. The number of fused-ring (bicyclic) bond motifs is 5. The Morgan fingerprint density at radius 3 is 2.64 bits per heavy atom. The van der Waals surface area contributed by atoms with Crippen LogP contribution < -0.4 is 0 Å². The van der Waals surface area contributed by atoms with Gasteiger partial charge >= 0.3 is 0 Å². The van der Waals surface area contributed by atoms with E-state index >= 15 is 0 Å². The molecule has 0 heterocycles. The predicted molar refractivity (Wildman–Crippen MR) is 119 cm³/mol. The van der Waals surface area contributed by atoms with Gasteiger partial charge in [0, 0.05) is 5.41 Å². The molecule has 0 aromatic heterocycles. The Labute approximate surface area is 174 Å². The van der Waals surface area contributed by atoms with Crippen LogP contribution in [0.2, 0.25) is 0 Å². The average molecular weight is 386 g/mol. The molecule has 28 heavy (non-hydrogen) atoms. The fourth-order valence-corrected chi connectivity index (χ4v) is 8.59. The molecule has 0 amide bonds. The molecule has 0 saturated heterocycles. The number of hydrogen-bond donors (Lipinski definition) is 1. The first kappa shape index (κ1) is 21.0. The Bertz CT molecular complexity index is 577. The molecule has 1 heteroatoms. The standard InChI is InChI=1S/C27H45O/c1-19(2)8-7-9-20(3)23-13-14-24-22-12-11-21-10-5-6-16-27(21,18-28)25(22)15-17-26(23,24)4/h5,11,19-20,22-25,28H,6-10,12-18H2,1-4H3/t20-,22+,23-,24+,25+,26-,27-/m1/s1. The maximum Gasteiger partial charge on any atom is 0.0527 e. The molecule has 3 fully saturated rings. The van der Waals surface area contributed by atoms with Gasteiger partial charge in [-0.05, 0) is 98.7 Å². The summed E-state index contributed by atoms with van der Waals surface area (Å²) >= 11 is 0. The van der Waals surface area contributed by atoms with E-state index in [1.165, 1.54) is 64.2 Å². The Hall–Kier alpha value is -0.300. The van der Waals surface area contributed by atoms with Crippen LogP contribution in [0.1, 0.15) is 98.3 Å². The third-order valence-corrected chi connectivity index (χ3v) is 10.1. The zero-order valence-electron chi connectivity index (χ0n) is 19.1. The smallest absolute Gasteiger partial charge is 0.0527 e. The summed E-state index contributed by atoms with van der Waals surface area (Å²) in [6, 6.07) is 0. The molecule has 1 N–H and O–H groups in total. The van der Waals surface area contributed by atoms with Crippen molar-refractivity contribution in [2.75, 3.05) is 6.61 Å². The first-order chi connectivity index (χ1) is 13.4. The second kappa shape index (κ2) is 8.09. The molecule has 159 valence electrons. The topological polar surface area (TPSA) is 20.2 Å². The van der Waals surface area contributed by atoms with E-state index in [0.717, 1.165) is 41.9 Å². The number of allylic oxidation sites excluding steroid dienone is 1. The van der Waals surface area contributed by atoms with Gasteiger partial charge in [-0.2, -0.15) is 0 Å². The van der Waals surface area contributed by atoms with E-state index in [4.69, 9.17) is 0 Å². The van der Waals surface area contributed by atoms with Crippen molar-refractivity contribution < 1.29 is 5.11 Å². The Balaban J connectivity index is 1.51. The second-order valence-electron chi connectivity index (χ2n) is 11.7. The van der Waals surface area contributed by atoms with Crippen LogP contribution in [0.3, 0.4) is 0 Å². The minimum atomic E-state index is 0.139. The van der Waals surface area contributed by atoms with Gasteiger partial charge in [0.15, 0.2) is 0 Å². The molecule has 1 nitrogen and oxygen atoms in total. The van der Waals surface area contributed by atoms with E-state index in [2.05, 4.69) is 40.2 Å². The van der Waals surface area contributed by atoms with Gasteiger partial charge in [0.1, 0.15) is 0 Å². The average Bonchev–Trinajstić information content (AvgIpc) is 3.04. The molecular weight excluding hydrogens is 340 g/mol. The zero-order chi connectivity index (χ0) is 19.9. The quantitative estimate of drug-likeness (QED) is 0.479. The molecule has 4 rings (SSSR count). The largest absolute Gasteiger partial charge is 0.395 e. The predicted octanol–water partition coefficient (Wildman–Crippen LogP) is 7.20. The van der Waals surface area contributed by atoms with Gasteiger partial charge in [-0.3, -0.25) is 0 Å². The van der Waals surface area contributed by atoms with E-state index in [0.29, 0.717) is 12.0 Å². The van der Waals surface area contributed by atoms with Crippen molar-refractivity contribution in [1.29, 1.82) is 0 Å². The van der Waals surface area contributed by atoms with Gasteiger partial charge in [-0.1, -0.05) is 58.6 Å². The highest BCUT2D eigenvalue weighted by Crippen LogP contribution is 2.67. The van der Waals surface area contributed by atoms with E-state index in [1.807, 2.05) is 0 Å². The molecule has 3 saturated carbocycles. The van der Waals surface area contributed by atoms with Gasteiger partial charge in [-0.15, -0.1) is 0 Å². The van der Waals surface area contributed by atoms with E-state index in [9.17, 15) is 5.11 Å². The summed E-state index contributed by atoms with van der Waals surface area (Å²) in [5.41, 5.74) is 2.30. The highest BCUT2D eigenvalue weighted by atomic mass is 16.3. The van der Waals surface area contributed by atoms with Crippen molar-refractivity contribution >= 4 is 0 Å². The van der Waals surface area contributed by atoms with Gasteiger partial charge < -0.3 is 5.11 Å². The highest BCUT2D eigenvalue weighted by molar-refractivity contribution is 5.27. The van der Waals surface area contributed by atoms with Gasteiger partial charge in [0.2, 0.25) is 0 Å². The first-order valence-electron chi connectivity index (χ1n) is 12.5. The Morgan fingerprint density at radius 1 is 1.07 bits per heavy atom. The van der Waals surface area contributed by atoms with Crippen LogP contribution in [0, 0.1) is 52.8 Å². The summed E-state index contributed by atoms with van der Waals surface area (Å²) in [7, 11) is 0. The van der Waals surface area contributed by atoms with Crippen molar-refractivity contribution in [3.05, 3.63) is 18.1 Å². The molecule has 0 aromatic rings. The summed E-state index contributed by atoms with van der Waals surface area (Å²) in [6.07, 6.45) is 19.8. The molecule has 4 aliphatic carbocycles. The molecule has 0 aliphatic heterocycles. The normalized spacial score (nSPS) is 43.9. The van der Waals surface area contributed by atoms with Gasteiger partial charge in [-0.25, -0.2) is 0 Å². The second-order valence-corrected chi connectivity index (χ2v) is 11.7. The number of rotatable bonds is 6. The SMILES string of the molecule is CC(C)CCC[C@@H](C)[C@H]1CC[C@H]2[C@@H]3CC=C4C[CH]CC[C@]4(CO)[C@H]3CC[C@]12C. The third kappa shape index (κ3) is 3.32. The minimum Gasteiger partial charge on any atom is -0.395 e. The summed E-state index contributed by atoms with van der Waals surface area (Å²) in [5, 5.41) is 10.5. The molecule has 0 aromatic carbocycles. The van der Waals surface area contributed by atoms with Crippen LogP contribution in [-0.4, -0.2) is 11.7 Å². The lowest BCUT2D eigenvalue weighted by molar-refractivity contribution is -0.0694. The van der Waals surface area contributed by atoms with Crippen molar-refractivity contribution in [2.24, 2.45) is 46.3 Å². The summed E-state index contributed by atoms with van der Waals surface area (Å²) in [4.78, 5) is 0. The number of aliphatic hydroxyl groups is 1. The van der Waals surface area contributed by atoms with Crippen LogP contribution in [0.15, 0.2) is 11.6 Å². The molecule has 1 radical (unpaired) electrons. The Kier molecular flexibility index (Phi) is 6.05.